The summed E-state index contributed by atoms with van der Waals surface area (Å²) in [5, 5.41) is 5.57. The molecule has 1 aromatic heterocycles. The minimum absolute atomic E-state index is 0.391. The molecule has 0 radical (unpaired) electrons. The molecule has 2 heterocycles. The molecule has 3 aromatic rings. The minimum atomic E-state index is 0.391. The van der Waals surface area contributed by atoms with Gasteiger partial charge in [0.1, 0.15) is 10.4 Å². The number of aromatic amines is 1. The number of rotatable bonds is 5. The molecule has 0 saturated heterocycles. The van der Waals surface area contributed by atoms with Crippen LogP contribution < -0.4 is 10.1 Å². The summed E-state index contributed by atoms with van der Waals surface area (Å²) in [5.41, 5.74) is 2.46. The topological polar surface area (TPSA) is 37.0 Å². The summed E-state index contributed by atoms with van der Waals surface area (Å²) in [5.74, 6) is 1.34. The van der Waals surface area contributed by atoms with E-state index >= 15 is 0 Å². The zero-order chi connectivity index (χ0) is 19.5. The van der Waals surface area contributed by atoms with E-state index in [1.165, 1.54) is 11.1 Å². The molecule has 0 amide bonds. The second-order valence-corrected chi connectivity index (χ2v) is 8.42. The number of benzene rings is 2. The fraction of sp³-hybridized carbons (Fsp3) is 0.273. The summed E-state index contributed by atoms with van der Waals surface area (Å²) in [7, 11) is 0. The van der Waals surface area contributed by atoms with Crippen molar-refractivity contribution in [3.63, 3.8) is 0 Å². The van der Waals surface area contributed by atoms with Crippen molar-refractivity contribution in [2.45, 2.75) is 30.1 Å². The third-order valence-electron chi connectivity index (χ3n) is 5.20. The van der Waals surface area contributed by atoms with Crippen LogP contribution in [0.1, 0.15) is 29.9 Å². The third-order valence-corrected chi connectivity index (χ3v) is 6.18. The molecule has 1 aliphatic heterocycles. The van der Waals surface area contributed by atoms with Crippen LogP contribution in [0.5, 0.6) is 5.75 Å². The number of hydrogen-bond acceptors (Lipinski definition) is 4. The normalized spacial score (nSPS) is 15.7. The first-order valence-electron chi connectivity index (χ1n) is 9.44. The van der Waals surface area contributed by atoms with Crippen molar-refractivity contribution in [3.05, 3.63) is 64.4 Å². The van der Waals surface area contributed by atoms with Gasteiger partial charge in [-0.1, -0.05) is 54.8 Å². The maximum Gasteiger partial charge on any atom is 0.123 e. The molecular weight excluding hydrogens is 404 g/mol. The Kier molecular flexibility index (Phi) is 5.99. The van der Waals surface area contributed by atoms with Crippen molar-refractivity contribution in [3.8, 4) is 5.75 Å². The van der Waals surface area contributed by atoms with Crippen molar-refractivity contribution < 1.29 is 4.74 Å². The Bertz CT molecular complexity index is 1060. The average molecular weight is 427 g/mol. The van der Waals surface area contributed by atoms with Crippen LogP contribution in [0.4, 0.5) is 0 Å². The lowest BCUT2D eigenvalue weighted by Gasteiger charge is -2.28. The monoisotopic (exact) mass is 426 g/mol. The number of aromatic nitrogens is 1. The molecule has 2 aromatic carbocycles. The summed E-state index contributed by atoms with van der Waals surface area (Å²) in [4.78, 5) is 4.90. The molecule has 0 aliphatic carbocycles. The van der Waals surface area contributed by atoms with Crippen LogP contribution in [0.25, 0.3) is 10.8 Å². The molecule has 1 unspecified atom stereocenters. The van der Waals surface area contributed by atoms with Crippen molar-refractivity contribution >= 4 is 52.8 Å². The fourth-order valence-electron chi connectivity index (χ4n) is 3.85. The van der Waals surface area contributed by atoms with E-state index in [2.05, 4.69) is 35.1 Å². The zero-order valence-electron chi connectivity index (χ0n) is 15.4. The van der Waals surface area contributed by atoms with Gasteiger partial charge < -0.3 is 15.0 Å². The van der Waals surface area contributed by atoms with Crippen molar-refractivity contribution in [1.29, 1.82) is 0 Å². The highest BCUT2D eigenvalue weighted by atomic mass is 32.1. The van der Waals surface area contributed by atoms with Gasteiger partial charge in [0.15, 0.2) is 0 Å². The number of pyridine rings is 1. The van der Waals surface area contributed by atoms with E-state index < -0.39 is 0 Å². The van der Waals surface area contributed by atoms with E-state index in [1.807, 2.05) is 36.5 Å². The van der Waals surface area contributed by atoms with Gasteiger partial charge in [0, 0.05) is 40.4 Å². The summed E-state index contributed by atoms with van der Waals surface area (Å²) in [6, 6.07) is 14.4. The van der Waals surface area contributed by atoms with Crippen LogP contribution in [0.15, 0.2) is 53.6 Å². The van der Waals surface area contributed by atoms with Crippen LogP contribution in [0, 0.1) is 4.64 Å². The van der Waals surface area contributed by atoms with Gasteiger partial charge in [-0.15, -0.1) is 12.6 Å². The quantitative estimate of drug-likeness (QED) is 0.367. The van der Waals surface area contributed by atoms with E-state index in [4.69, 9.17) is 29.2 Å². The number of H-pyrrole nitrogens is 1. The SMILES string of the molecule is S=C(Cc1ccccc1)NCCC1CCOc2ccc3c(=S)[nH]cc(S)c3c21. The Morgan fingerprint density at radius 1 is 1.21 bits per heavy atom. The summed E-state index contributed by atoms with van der Waals surface area (Å²) >= 11 is 15.7. The van der Waals surface area contributed by atoms with Gasteiger partial charge in [-0.25, -0.2) is 0 Å². The first-order valence-corrected chi connectivity index (χ1v) is 10.7. The molecule has 0 fully saturated rings. The third kappa shape index (κ3) is 4.09. The van der Waals surface area contributed by atoms with Gasteiger partial charge in [-0.2, -0.15) is 0 Å². The highest BCUT2D eigenvalue weighted by molar-refractivity contribution is 7.80. The molecule has 2 N–H and O–H groups in total. The zero-order valence-corrected chi connectivity index (χ0v) is 17.9. The number of thiocarbonyl (C=S) groups is 1. The summed E-state index contributed by atoms with van der Waals surface area (Å²) in [6.45, 7) is 1.58. The molecule has 28 heavy (non-hydrogen) atoms. The first kappa shape index (κ1) is 19.4. The Labute approximate surface area is 180 Å². The molecule has 0 bridgehead atoms. The number of fused-ring (bicyclic) bond motifs is 3. The summed E-state index contributed by atoms with van der Waals surface area (Å²) in [6.07, 6.45) is 4.62. The molecule has 1 aliphatic rings. The van der Waals surface area contributed by atoms with Gasteiger partial charge in [-0.3, -0.25) is 0 Å². The fourth-order valence-corrected chi connectivity index (χ4v) is 4.66. The Balaban J connectivity index is 1.50. The van der Waals surface area contributed by atoms with Crippen molar-refractivity contribution in [2.75, 3.05) is 13.2 Å². The van der Waals surface area contributed by atoms with E-state index in [0.717, 1.165) is 63.5 Å². The average Bonchev–Trinajstić information content (AvgIpc) is 2.71. The Morgan fingerprint density at radius 2 is 2.04 bits per heavy atom. The smallest absolute Gasteiger partial charge is 0.123 e. The maximum absolute atomic E-state index is 5.94. The van der Waals surface area contributed by atoms with Crippen molar-refractivity contribution in [1.82, 2.24) is 10.3 Å². The lowest BCUT2D eigenvalue weighted by atomic mass is 9.87. The molecular formula is C22H22N2OS3. The number of hydrogen-bond donors (Lipinski definition) is 3. The van der Waals surface area contributed by atoms with Crippen LogP contribution in [-0.4, -0.2) is 23.1 Å². The number of thiol groups is 1. The number of nitrogens with one attached hydrogen (secondary N) is 2. The Morgan fingerprint density at radius 3 is 2.86 bits per heavy atom. The van der Waals surface area contributed by atoms with E-state index in [-0.39, 0.29) is 0 Å². The van der Waals surface area contributed by atoms with Crippen LogP contribution in [-0.2, 0) is 6.42 Å². The molecule has 144 valence electrons. The van der Waals surface area contributed by atoms with Crippen LogP contribution in [0.2, 0.25) is 0 Å². The van der Waals surface area contributed by atoms with Gasteiger partial charge >= 0.3 is 0 Å². The molecule has 6 heteroatoms. The Hall–Kier alpha value is -1.89. The predicted molar refractivity (Wildman–Crippen MR) is 125 cm³/mol. The maximum atomic E-state index is 5.94. The lowest BCUT2D eigenvalue weighted by Crippen LogP contribution is -2.26. The van der Waals surface area contributed by atoms with Crippen LogP contribution in [0.3, 0.4) is 0 Å². The largest absolute Gasteiger partial charge is 0.493 e. The number of ether oxygens (including phenoxy) is 1. The van der Waals surface area contributed by atoms with Crippen molar-refractivity contribution in [2.24, 2.45) is 0 Å². The predicted octanol–water partition coefficient (Wildman–Crippen LogP) is 5.60. The van der Waals surface area contributed by atoms with Crippen LogP contribution >= 0.6 is 37.1 Å². The highest BCUT2D eigenvalue weighted by Crippen LogP contribution is 2.42. The van der Waals surface area contributed by atoms with Gasteiger partial charge in [0.05, 0.1) is 11.6 Å². The molecule has 0 spiro atoms. The van der Waals surface area contributed by atoms with E-state index in [1.54, 1.807) is 0 Å². The minimum Gasteiger partial charge on any atom is -0.493 e. The first-order chi connectivity index (χ1) is 13.6. The van der Waals surface area contributed by atoms with E-state index in [9.17, 15) is 0 Å². The standard InChI is InChI=1S/C22H22N2OS3/c26-18-13-24-22(28)16-6-7-17-20(21(16)18)15(9-11-25-17)8-10-23-19(27)12-14-4-2-1-3-5-14/h1-7,13,15,26H,8-12H2,(H,23,27)(H,24,28). The van der Waals surface area contributed by atoms with Gasteiger partial charge in [0.25, 0.3) is 0 Å². The molecule has 3 nitrogen and oxygen atoms in total. The molecule has 0 saturated carbocycles. The van der Waals surface area contributed by atoms with Gasteiger partial charge in [0.2, 0.25) is 0 Å². The van der Waals surface area contributed by atoms with E-state index in [0.29, 0.717) is 5.92 Å². The second-order valence-electron chi connectivity index (χ2n) is 7.04. The highest BCUT2D eigenvalue weighted by Gasteiger charge is 2.25. The molecule has 4 rings (SSSR count). The summed E-state index contributed by atoms with van der Waals surface area (Å²) < 4.78 is 6.68. The van der Waals surface area contributed by atoms with Gasteiger partial charge in [-0.05, 0) is 36.5 Å². The lowest BCUT2D eigenvalue weighted by molar-refractivity contribution is 0.264. The molecule has 1 atom stereocenters. The second kappa shape index (κ2) is 8.64.